The van der Waals surface area contributed by atoms with Crippen molar-refractivity contribution in [1.29, 1.82) is 0 Å². The number of rotatable bonds is 9. The Labute approximate surface area is 212 Å². The zero-order chi connectivity index (χ0) is 25.0. The minimum absolute atomic E-state index is 0.182. The summed E-state index contributed by atoms with van der Waals surface area (Å²) in [4.78, 5) is 25.1. The molecule has 192 valence electrons. The van der Waals surface area contributed by atoms with Gasteiger partial charge in [0.2, 0.25) is 0 Å². The second-order valence-electron chi connectivity index (χ2n) is 11.8. The summed E-state index contributed by atoms with van der Waals surface area (Å²) < 4.78 is 5.97. The van der Waals surface area contributed by atoms with Crippen LogP contribution in [0.2, 0.25) is 0 Å². The third kappa shape index (κ3) is 5.90. The van der Waals surface area contributed by atoms with Crippen molar-refractivity contribution in [3.63, 3.8) is 0 Å². The van der Waals surface area contributed by atoms with Gasteiger partial charge in [-0.05, 0) is 106 Å². The molecule has 1 aromatic rings. The van der Waals surface area contributed by atoms with Gasteiger partial charge in [-0.2, -0.15) is 0 Å². The van der Waals surface area contributed by atoms with Crippen LogP contribution in [0.4, 0.5) is 0 Å². The predicted molar refractivity (Wildman–Crippen MR) is 141 cm³/mol. The van der Waals surface area contributed by atoms with Crippen LogP contribution in [0.25, 0.3) is 0 Å². The molecule has 3 aliphatic rings. The van der Waals surface area contributed by atoms with Crippen LogP contribution in [0.5, 0.6) is 0 Å². The van der Waals surface area contributed by atoms with E-state index in [0.29, 0.717) is 24.0 Å². The molecule has 0 aliphatic heterocycles. The lowest BCUT2D eigenvalue weighted by Crippen LogP contribution is -2.44. The molecule has 3 aliphatic carbocycles. The number of ether oxygens (including phenoxy) is 1. The second kappa shape index (κ2) is 11.4. The number of fused-ring (bicyclic) bond motifs is 3. The highest BCUT2D eigenvalue weighted by Crippen LogP contribution is 2.62. The molecule has 0 heterocycles. The summed E-state index contributed by atoms with van der Waals surface area (Å²) in [6.45, 7) is 6.38. The molecule has 1 aromatic carbocycles. The average Bonchev–Trinajstić information content (AvgIpc) is 3.20. The number of Topliss-reactive ketones (excluding diaryl/α,β-unsaturated/α-hetero) is 1. The highest BCUT2D eigenvalue weighted by atomic mass is 16.5. The Kier molecular flexibility index (Phi) is 8.52. The molecular weight excluding hydrogens is 434 g/mol. The second-order valence-corrected chi connectivity index (χ2v) is 11.8. The SMILES string of the molecule is CCCC[C@@H](/C=C1/CC[C@@H]2[C@H](CC[C@]3(C)[C@@H](C(C)=O)CC[C@@H]23)C1)OC(=O)[C@@H](N)Cc1ccccc1. The van der Waals surface area contributed by atoms with Crippen LogP contribution in [0, 0.1) is 29.1 Å². The molecule has 4 nitrogen and oxygen atoms in total. The maximum absolute atomic E-state index is 12.8. The molecule has 4 heteroatoms. The quantitative estimate of drug-likeness (QED) is 0.328. The summed E-state index contributed by atoms with van der Waals surface area (Å²) in [5.41, 5.74) is 8.95. The number of carbonyl (C=O) groups is 2. The highest BCUT2D eigenvalue weighted by Gasteiger charge is 2.55. The van der Waals surface area contributed by atoms with Crippen molar-refractivity contribution in [2.45, 2.75) is 104 Å². The average molecular weight is 480 g/mol. The number of nitrogens with two attached hydrogens (primary N) is 1. The molecule has 2 N–H and O–H groups in total. The van der Waals surface area contributed by atoms with Gasteiger partial charge < -0.3 is 10.5 Å². The van der Waals surface area contributed by atoms with Crippen molar-refractivity contribution >= 4 is 11.8 Å². The third-order valence-electron chi connectivity index (χ3n) is 9.53. The monoisotopic (exact) mass is 479 g/mol. The van der Waals surface area contributed by atoms with Gasteiger partial charge in [-0.15, -0.1) is 0 Å². The first-order chi connectivity index (χ1) is 16.8. The Hall–Kier alpha value is -1.94. The number of hydrogen-bond acceptors (Lipinski definition) is 4. The minimum Gasteiger partial charge on any atom is -0.457 e. The first-order valence-electron chi connectivity index (χ1n) is 14.0. The lowest BCUT2D eigenvalue weighted by Gasteiger charge is -2.50. The fourth-order valence-electron chi connectivity index (χ4n) is 7.70. The zero-order valence-corrected chi connectivity index (χ0v) is 22.0. The lowest BCUT2D eigenvalue weighted by molar-refractivity contribution is -0.148. The topological polar surface area (TPSA) is 69.4 Å². The molecule has 0 amide bonds. The molecule has 0 bridgehead atoms. The minimum atomic E-state index is -0.636. The van der Waals surface area contributed by atoms with E-state index >= 15 is 0 Å². The Balaban J connectivity index is 1.39. The van der Waals surface area contributed by atoms with Gasteiger partial charge in [0.05, 0.1) is 0 Å². The van der Waals surface area contributed by atoms with E-state index in [2.05, 4.69) is 19.9 Å². The van der Waals surface area contributed by atoms with Crippen LogP contribution >= 0.6 is 0 Å². The first kappa shape index (κ1) is 26.1. The number of hydrogen-bond donors (Lipinski definition) is 1. The molecule has 0 radical (unpaired) electrons. The van der Waals surface area contributed by atoms with Crippen LogP contribution in [-0.2, 0) is 20.7 Å². The van der Waals surface area contributed by atoms with Crippen molar-refractivity contribution in [1.82, 2.24) is 0 Å². The number of carbonyl (C=O) groups excluding carboxylic acids is 2. The third-order valence-corrected chi connectivity index (χ3v) is 9.53. The number of esters is 1. The fraction of sp³-hybridized carbons (Fsp3) is 0.677. The Morgan fingerprint density at radius 2 is 1.94 bits per heavy atom. The maximum atomic E-state index is 12.8. The first-order valence-corrected chi connectivity index (χ1v) is 14.0. The molecule has 3 fully saturated rings. The Morgan fingerprint density at radius 3 is 2.66 bits per heavy atom. The standard InChI is InChI=1S/C31H45NO3/c1-4-5-11-25(35-30(34)29(32)20-22-9-7-6-8-10-22)19-23-12-13-26-24(18-23)16-17-31(3)27(21(2)33)14-15-28(26)31/h6-10,19,24-29H,4-5,11-18,20,32H2,1-3H3/b23-19-/t24-,25+,26-,27-,28+,29+,31-/m1/s1. The Morgan fingerprint density at radius 1 is 1.17 bits per heavy atom. The summed E-state index contributed by atoms with van der Waals surface area (Å²) in [5.74, 6) is 2.52. The molecule has 3 saturated carbocycles. The van der Waals surface area contributed by atoms with Crippen LogP contribution in [0.1, 0.15) is 90.5 Å². The fourth-order valence-corrected chi connectivity index (χ4v) is 7.70. The number of benzene rings is 1. The van der Waals surface area contributed by atoms with Crippen molar-refractivity contribution in [2.24, 2.45) is 34.8 Å². The molecular formula is C31H45NO3. The van der Waals surface area contributed by atoms with E-state index in [4.69, 9.17) is 10.5 Å². The van der Waals surface area contributed by atoms with Gasteiger partial charge in [0.1, 0.15) is 17.9 Å². The van der Waals surface area contributed by atoms with E-state index in [1.807, 2.05) is 30.3 Å². The van der Waals surface area contributed by atoms with E-state index in [0.717, 1.165) is 50.0 Å². The van der Waals surface area contributed by atoms with Gasteiger partial charge in [0.15, 0.2) is 0 Å². The van der Waals surface area contributed by atoms with Gasteiger partial charge in [0.25, 0.3) is 0 Å². The van der Waals surface area contributed by atoms with E-state index in [-0.39, 0.29) is 23.4 Å². The van der Waals surface area contributed by atoms with Gasteiger partial charge >= 0.3 is 5.97 Å². The van der Waals surface area contributed by atoms with Crippen molar-refractivity contribution in [2.75, 3.05) is 0 Å². The number of ketones is 1. The molecule has 0 aromatic heterocycles. The van der Waals surface area contributed by atoms with E-state index < -0.39 is 6.04 Å². The summed E-state index contributed by atoms with van der Waals surface area (Å²) in [6.07, 6.45) is 13.7. The van der Waals surface area contributed by atoms with Crippen LogP contribution in [0.3, 0.4) is 0 Å². The van der Waals surface area contributed by atoms with Gasteiger partial charge in [-0.1, -0.05) is 56.2 Å². The lowest BCUT2D eigenvalue weighted by atomic mass is 9.54. The van der Waals surface area contributed by atoms with Crippen LogP contribution in [0.15, 0.2) is 42.0 Å². The normalized spacial score (nSPS) is 33.0. The van der Waals surface area contributed by atoms with Gasteiger partial charge in [-0.3, -0.25) is 9.59 Å². The molecule has 0 saturated heterocycles. The maximum Gasteiger partial charge on any atom is 0.323 e. The van der Waals surface area contributed by atoms with E-state index in [1.54, 1.807) is 6.92 Å². The van der Waals surface area contributed by atoms with Gasteiger partial charge in [0, 0.05) is 5.92 Å². The molecule has 4 rings (SSSR count). The van der Waals surface area contributed by atoms with Crippen molar-refractivity contribution in [3.05, 3.63) is 47.5 Å². The van der Waals surface area contributed by atoms with E-state index in [1.165, 1.54) is 31.3 Å². The summed E-state index contributed by atoms with van der Waals surface area (Å²) in [5, 5.41) is 0. The van der Waals surface area contributed by atoms with Crippen molar-refractivity contribution < 1.29 is 14.3 Å². The number of unbranched alkanes of at least 4 members (excludes halogenated alkanes) is 1. The van der Waals surface area contributed by atoms with Crippen molar-refractivity contribution in [3.8, 4) is 0 Å². The molecule has 7 atom stereocenters. The smallest absolute Gasteiger partial charge is 0.323 e. The Bertz CT molecular complexity index is 909. The largest absolute Gasteiger partial charge is 0.457 e. The summed E-state index contributed by atoms with van der Waals surface area (Å²) in [6, 6.07) is 9.27. The molecule has 0 spiro atoms. The zero-order valence-electron chi connectivity index (χ0n) is 22.0. The summed E-state index contributed by atoms with van der Waals surface area (Å²) in [7, 11) is 0. The van der Waals surface area contributed by atoms with Gasteiger partial charge in [-0.25, -0.2) is 0 Å². The number of allylic oxidation sites excluding steroid dienone is 1. The van der Waals surface area contributed by atoms with Crippen LogP contribution < -0.4 is 5.73 Å². The van der Waals surface area contributed by atoms with Crippen LogP contribution in [-0.4, -0.2) is 23.9 Å². The summed E-state index contributed by atoms with van der Waals surface area (Å²) >= 11 is 0. The molecule has 0 unspecified atom stereocenters. The molecule has 35 heavy (non-hydrogen) atoms. The predicted octanol–water partition coefficient (Wildman–Crippen LogP) is 6.42. The highest BCUT2D eigenvalue weighted by molar-refractivity contribution is 5.79. The van der Waals surface area contributed by atoms with E-state index in [9.17, 15) is 9.59 Å².